The average molecular weight is 469 g/mol. The van der Waals surface area contributed by atoms with Crippen molar-refractivity contribution in [2.75, 3.05) is 33.0 Å². The summed E-state index contributed by atoms with van der Waals surface area (Å²) in [5.41, 5.74) is 5.01. The van der Waals surface area contributed by atoms with Crippen molar-refractivity contribution in [2.45, 2.75) is 74.9 Å². The zero-order chi connectivity index (χ0) is 23.8. The van der Waals surface area contributed by atoms with Gasteiger partial charge in [-0.3, -0.25) is 0 Å². The molecule has 1 aliphatic carbocycles. The maximum absolute atomic E-state index is 11.2. The molecule has 0 bridgehead atoms. The number of aliphatic hydroxyl groups is 6. The minimum absolute atomic E-state index is 0.0596. The number of aliphatic hydroxyl groups excluding tert-OH is 6. The van der Waals surface area contributed by atoms with E-state index in [4.69, 9.17) is 29.4 Å². The molecule has 13 heteroatoms. The van der Waals surface area contributed by atoms with Crippen LogP contribution in [0.25, 0.3) is 0 Å². The first-order valence-electron chi connectivity index (χ1n) is 10.6. The van der Waals surface area contributed by atoms with Gasteiger partial charge in [-0.25, -0.2) is 4.79 Å². The maximum Gasteiger partial charge on any atom is 0.404 e. The van der Waals surface area contributed by atoms with Gasteiger partial charge in [0.25, 0.3) is 0 Å². The van der Waals surface area contributed by atoms with Crippen LogP contribution in [0, 0.1) is 5.92 Å². The van der Waals surface area contributed by atoms with Crippen LogP contribution >= 0.6 is 0 Å². The summed E-state index contributed by atoms with van der Waals surface area (Å²) in [4.78, 5) is 11.2. The molecule has 1 saturated heterocycles. The third-order valence-electron chi connectivity index (χ3n) is 5.57. The number of carbonyl (C=O) groups excluding carboxylic acids is 1. The lowest BCUT2D eigenvalue weighted by atomic mass is 9.80. The Kier molecular flexibility index (Phi) is 11.0. The van der Waals surface area contributed by atoms with E-state index >= 15 is 0 Å². The van der Waals surface area contributed by atoms with Gasteiger partial charge >= 0.3 is 6.09 Å². The average Bonchev–Trinajstić information content (AvgIpc) is 2.76. The van der Waals surface area contributed by atoms with Crippen LogP contribution in [0.5, 0.6) is 0 Å². The Balaban J connectivity index is 2.15. The molecule has 2 fully saturated rings. The summed E-state index contributed by atoms with van der Waals surface area (Å²) in [7, 11) is 0. The summed E-state index contributed by atoms with van der Waals surface area (Å²) in [6, 6.07) is 0. The van der Waals surface area contributed by atoms with Crippen molar-refractivity contribution in [3.63, 3.8) is 0 Å². The van der Waals surface area contributed by atoms with Crippen molar-refractivity contribution in [1.82, 2.24) is 0 Å². The molecule has 13 nitrogen and oxygen atoms in total. The largest absolute Gasteiger partial charge is 0.441 e. The summed E-state index contributed by atoms with van der Waals surface area (Å²) < 4.78 is 27.1. The van der Waals surface area contributed by atoms with E-state index in [0.717, 1.165) is 6.42 Å². The topological polar surface area (TPSA) is 211 Å². The van der Waals surface area contributed by atoms with Gasteiger partial charge in [-0.1, -0.05) is 6.92 Å². The number of hydrogen-bond donors (Lipinski definition) is 7. The van der Waals surface area contributed by atoms with E-state index in [0.29, 0.717) is 6.61 Å². The Bertz CT molecular complexity index is 568. The number of primary amides is 1. The quantitative estimate of drug-likeness (QED) is 0.149. The lowest BCUT2D eigenvalue weighted by molar-refractivity contribution is -0.327. The van der Waals surface area contributed by atoms with Crippen molar-refractivity contribution in [3.8, 4) is 0 Å². The molecular weight excluding hydrogens is 434 g/mol. The van der Waals surface area contributed by atoms with Gasteiger partial charge in [0.1, 0.15) is 30.5 Å². The van der Waals surface area contributed by atoms with Gasteiger partial charge in [-0.05, 0) is 12.8 Å². The third kappa shape index (κ3) is 6.70. The van der Waals surface area contributed by atoms with Crippen LogP contribution in [0.1, 0.15) is 19.8 Å². The number of amides is 1. The van der Waals surface area contributed by atoms with Crippen molar-refractivity contribution in [2.24, 2.45) is 11.7 Å². The molecule has 1 saturated carbocycles. The monoisotopic (exact) mass is 469 g/mol. The molecule has 0 radical (unpaired) electrons. The second kappa shape index (κ2) is 12.9. The normalized spacial score (nSPS) is 40.2. The number of hydrogen-bond acceptors (Lipinski definition) is 12. The van der Waals surface area contributed by atoms with E-state index in [2.05, 4.69) is 0 Å². The van der Waals surface area contributed by atoms with Crippen LogP contribution in [0.4, 0.5) is 4.79 Å². The molecule has 10 atom stereocenters. The van der Waals surface area contributed by atoms with E-state index in [-0.39, 0.29) is 19.6 Å². The van der Waals surface area contributed by atoms with Crippen LogP contribution in [0.15, 0.2) is 0 Å². The second-order valence-corrected chi connectivity index (χ2v) is 7.89. The van der Waals surface area contributed by atoms with Crippen molar-refractivity contribution in [3.05, 3.63) is 0 Å². The van der Waals surface area contributed by atoms with Gasteiger partial charge in [0.15, 0.2) is 12.4 Å². The Morgan fingerprint density at radius 2 is 1.69 bits per heavy atom. The molecule has 0 spiro atoms. The van der Waals surface area contributed by atoms with Crippen LogP contribution in [-0.4, -0.2) is 125 Å². The summed E-state index contributed by atoms with van der Waals surface area (Å²) in [6.45, 7) is 1.67. The fourth-order valence-corrected chi connectivity index (χ4v) is 3.86. The molecular formula is C19H35NO12. The molecule has 2 aliphatic rings. The molecule has 0 aromatic heterocycles. The standard InChI is InChI=1S/C19H35NO12/c1-2-3-28-4-5-29-18-17(15(26)13(24)11(8-22)31-18)30-10-6-9(7-21)12(23)16(14(10)25)32-19(20)27/h9-18,21-26H,2-8H2,1H3,(H2,20,27)/t9-,10+,11+,12-,13-,14-,15+,16+,17+,18+/m1/s1. The summed E-state index contributed by atoms with van der Waals surface area (Å²) in [6.07, 6.45) is -12.9. The predicted octanol–water partition coefficient (Wildman–Crippen LogP) is -3.18. The highest BCUT2D eigenvalue weighted by Gasteiger charge is 2.51. The van der Waals surface area contributed by atoms with Crippen LogP contribution in [-0.2, 0) is 23.7 Å². The molecule has 1 amide bonds. The first-order chi connectivity index (χ1) is 15.2. The first kappa shape index (κ1) is 27.1. The van der Waals surface area contributed by atoms with E-state index in [1.165, 1.54) is 0 Å². The highest BCUT2D eigenvalue weighted by molar-refractivity contribution is 5.65. The van der Waals surface area contributed by atoms with Gasteiger partial charge < -0.3 is 60.1 Å². The summed E-state index contributed by atoms with van der Waals surface area (Å²) in [5, 5.41) is 60.7. The van der Waals surface area contributed by atoms with Gasteiger partial charge in [-0.2, -0.15) is 0 Å². The van der Waals surface area contributed by atoms with Gasteiger partial charge in [-0.15, -0.1) is 0 Å². The summed E-state index contributed by atoms with van der Waals surface area (Å²) in [5.74, 6) is -0.827. The smallest absolute Gasteiger partial charge is 0.404 e. The highest BCUT2D eigenvalue weighted by Crippen LogP contribution is 2.33. The fourth-order valence-electron chi connectivity index (χ4n) is 3.86. The zero-order valence-corrected chi connectivity index (χ0v) is 17.9. The minimum atomic E-state index is -1.57. The van der Waals surface area contributed by atoms with Crippen molar-refractivity contribution in [1.29, 1.82) is 0 Å². The molecule has 0 unspecified atom stereocenters. The lowest BCUT2D eigenvalue weighted by Gasteiger charge is -2.46. The molecule has 0 aromatic rings. The lowest BCUT2D eigenvalue weighted by Crippen LogP contribution is -2.63. The molecule has 1 aliphatic heterocycles. The molecule has 8 N–H and O–H groups in total. The SMILES string of the molecule is CCCOCCO[C@H]1O[C@@H](CO)[C@@H](O)[C@H](O)[C@@H]1O[C@H]1C[C@H](CO)[C@@H](O)[C@H](OC(N)=O)[C@@H]1O. The third-order valence-corrected chi connectivity index (χ3v) is 5.57. The number of ether oxygens (including phenoxy) is 5. The second-order valence-electron chi connectivity index (χ2n) is 7.89. The number of carbonyl (C=O) groups is 1. The Morgan fingerprint density at radius 3 is 2.28 bits per heavy atom. The van der Waals surface area contributed by atoms with Gasteiger partial charge in [0.05, 0.1) is 32.0 Å². The number of nitrogens with two attached hydrogens (primary N) is 1. The molecule has 188 valence electrons. The molecule has 2 rings (SSSR count). The molecule has 0 aromatic carbocycles. The first-order valence-corrected chi connectivity index (χ1v) is 10.6. The van der Waals surface area contributed by atoms with E-state index in [1.54, 1.807) is 0 Å². The van der Waals surface area contributed by atoms with E-state index in [9.17, 15) is 35.4 Å². The minimum Gasteiger partial charge on any atom is -0.441 e. The maximum atomic E-state index is 11.2. The van der Waals surface area contributed by atoms with E-state index in [1.807, 2.05) is 6.92 Å². The van der Waals surface area contributed by atoms with Crippen molar-refractivity contribution < 1.29 is 59.1 Å². The predicted molar refractivity (Wildman–Crippen MR) is 105 cm³/mol. The van der Waals surface area contributed by atoms with Crippen LogP contribution in [0.3, 0.4) is 0 Å². The van der Waals surface area contributed by atoms with Gasteiger partial charge in [0.2, 0.25) is 0 Å². The van der Waals surface area contributed by atoms with Crippen LogP contribution in [0.2, 0.25) is 0 Å². The molecule has 32 heavy (non-hydrogen) atoms. The Labute approximate surface area is 185 Å². The highest BCUT2D eigenvalue weighted by atomic mass is 16.7. The number of rotatable bonds is 11. The fraction of sp³-hybridized carbons (Fsp3) is 0.947. The molecule has 1 heterocycles. The van der Waals surface area contributed by atoms with Crippen LogP contribution < -0.4 is 5.73 Å². The van der Waals surface area contributed by atoms with Crippen molar-refractivity contribution >= 4 is 6.09 Å². The zero-order valence-electron chi connectivity index (χ0n) is 17.9. The Morgan fingerprint density at radius 1 is 0.969 bits per heavy atom. The van der Waals surface area contributed by atoms with Gasteiger partial charge in [0, 0.05) is 19.1 Å². The van der Waals surface area contributed by atoms with E-state index < -0.39 is 80.3 Å². The Hall–Kier alpha value is -1.13. The summed E-state index contributed by atoms with van der Waals surface area (Å²) >= 11 is 0.